The fourth-order valence-corrected chi connectivity index (χ4v) is 4.85. The van der Waals surface area contributed by atoms with E-state index < -0.39 is 28.4 Å². The van der Waals surface area contributed by atoms with Crippen LogP contribution in [0.25, 0.3) is 0 Å². The molecule has 35 heavy (non-hydrogen) atoms. The average molecular weight is 497 g/mol. The Balaban J connectivity index is 2.02. The van der Waals surface area contributed by atoms with Gasteiger partial charge in [-0.1, -0.05) is 35.9 Å². The molecule has 0 atom stereocenters. The summed E-state index contributed by atoms with van der Waals surface area (Å²) < 4.78 is 38.8. The highest BCUT2D eigenvalue weighted by molar-refractivity contribution is 7.92. The zero-order valence-electron chi connectivity index (χ0n) is 20.1. The fraction of sp³-hybridized carbons (Fsp3) is 0.231. The molecule has 3 aromatic rings. The van der Waals surface area contributed by atoms with Crippen LogP contribution in [0.3, 0.4) is 0 Å². The smallest absolute Gasteiger partial charge is 0.340 e. The van der Waals surface area contributed by atoms with E-state index in [1.165, 1.54) is 25.3 Å². The van der Waals surface area contributed by atoms with E-state index in [4.69, 9.17) is 9.47 Å². The molecule has 9 heteroatoms. The first kappa shape index (κ1) is 25.8. The molecule has 0 aliphatic carbocycles. The van der Waals surface area contributed by atoms with Crippen LogP contribution in [0.15, 0.2) is 71.6 Å². The Labute approximate surface area is 205 Å². The van der Waals surface area contributed by atoms with E-state index in [0.29, 0.717) is 5.75 Å². The number of esters is 1. The minimum Gasteiger partial charge on any atom is -0.495 e. The van der Waals surface area contributed by atoms with Crippen molar-refractivity contribution in [2.75, 3.05) is 29.9 Å². The Hall–Kier alpha value is -3.85. The molecule has 0 aromatic heterocycles. The number of carbonyl (C=O) groups excluding carboxylic acids is 2. The van der Waals surface area contributed by atoms with Crippen molar-refractivity contribution in [1.82, 2.24) is 0 Å². The van der Waals surface area contributed by atoms with Crippen molar-refractivity contribution < 1.29 is 27.5 Å². The lowest BCUT2D eigenvalue weighted by Gasteiger charge is -2.26. The third-order valence-electron chi connectivity index (χ3n) is 5.20. The van der Waals surface area contributed by atoms with E-state index in [1.54, 1.807) is 55.5 Å². The Morgan fingerprint density at radius 1 is 0.943 bits per heavy atom. The Morgan fingerprint density at radius 2 is 1.60 bits per heavy atom. The van der Waals surface area contributed by atoms with Gasteiger partial charge in [0.05, 0.1) is 35.6 Å². The van der Waals surface area contributed by atoms with Gasteiger partial charge in [0.1, 0.15) is 12.3 Å². The van der Waals surface area contributed by atoms with Crippen molar-refractivity contribution in [3.8, 4) is 5.75 Å². The molecule has 3 aromatic carbocycles. The minimum atomic E-state index is -4.14. The number of methoxy groups -OCH3 is 1. The first-order valence-corrected chi connectivity index (χ1v) is 12.4. The summed E-state index contributed by atoms with van der Waals surface area (Å²) in [5, 5.41) is 2.65. The second-order valence-corrected chi connectivity index (χ2v) is 9.68. The molecule has 8 nitrogen and oxygen atoms in total. The summed E-state index contributed by atoms with van der Waals surface area (Å²) in [7, 11) is -2.71. The standard InChI is InChI=1S/C26H28N2O6S/c1-5-34-26(30)21-8-6-7-9-22(21)27-25(29)17-28(23-16-19(3)12-15-24(23)33-4)35(31,32)20-13-10-18(2)11-14-20/h6-16H,5,17H2,1-4H3,(H,27,29). The molecular weight excluding hydrogens is 468 g/mol. The topological polar surface area (TPSA) is 102 Å². The normalized spacial score (nSPS) is 11.0. The summed E-state index contributed by atoms with van der Waals surface area (Å²) >= 11 is 0. The average Bonchev–Trinajstić information content (AvgIpc) is 2.83. The monoisotopic (exact) mass is 496 g/mol. The van der Waals surface area contributed by atoms with Crippen LogP contribution in [0.2, 0.25) is 0 Å². The number of rotatable bonds is 9. The predicted octanol–water partition coefficient (Wildman–Crippen LogP) is 4.32. The molecule has 0 heterocycles. The van der Waals surface area contributed by atoms with Crippen LogP contribution >= 0.6 is 0 Å². The number of sulfonamides is 1. The second-order valence-electron chi connectivity index (χ2n) is 7.81. The number of benzene rings is 3. The third kappa shape index (κ3) is 5.99. The molecular formula is C26H28N2O6S. The number of ether oxygens (including phenoxy) is 2. The van der Waals surface area contributed by atoms with E-state index in [1.807, 2.05) is 13.8 Å². The highest BCUT2D eigenvalue weighted by Crippen LogP contribution is 2.33. The van der Waals surface area contributed by atoms with Crippen molar-refractivity contribution in [2.45, 2.75) is 25.7 Å². The van der Waals surface area contributed by atoms with Crippen LogP contribution in [0.4, 0.5) is 11.4 Å². The van der Waals surface area contributed by atoms with E-state index >= 15 is 0 Å². The van der Waals surface area contributed by atoms with Crippen molar-refractivity contribution in [3.63, 3.8) is 0 Å². The van der Waals surface area contributed by atoms with Gasteiger partial charge in [0.15, 0.2) is 0 Å². The van der Waals surface area contributed by atoms with E-state index in [2.05, 4.69) is 5.32 Å². The molecule has 0 aliphatic heterocycles. The van der Waals surface area contributed by atoms with Crippen LogP contribution in [0.1, 0.15) is 28.4 Å². The van der Waals surface area contributed by atoms with Crippen molar-refractivity contribution in [2.24, 2.45) is 0 Å². The zero-order chi connectivity index (χ0) is 25.6. The molecule has 3 rings (SSSR count). The maximum Gasteiger partial charge on any atom is 0.340 e. The van der Waals surface area contributed by atoms with Gasteiger partial charge in [0.25, 0.3) is 10.0 Å². The molecule has 0 fully saturated rings. The lowest BCUT2D eigenvalue weighted by molar-refractivity contribution is -0.114. The number of aryl methyl sites for hydroxylation is 2. The number of para-hydroxylation sites is 1. The predicted molar refractivity (Wildman–Crippen MR) is 134 cm³/mol. The summed E-state index contributed by atoms with van der Waals surface area (Å²) in [6.45, 7) is 4.98. The summed E-state index contributed by atoms with van der Waals surface area (Å²) in [5.41, 5.74) is 2.31. The molecule has 0 bridgehead atoms. The molecule has 0 saturated carbocycles. The summed E-state index contributed by atoms with van der Waals surface area (Å²) in [5.74, 6) is -0.931. The van der Waals surface area contributed by atoms with Gasteiger partial charge in [0, 0.05) is 0 Å². The molecule has 0 saturated heterocycles. The van der Waals surface area contributed by atoms with Crippen LogP contribution in [-0.4, -0.2) is 40.6 Å². The molecule has 1 N–H and O–H groups in total. The number of nitrogens with one attached hydrogen (secondary N) is 1. The molecule has 0 radical (unpaired) electrons. The summed E-state index contributed by atoms with van der Waals surface area (Å²) in [6.07, 6.45) is 0. The summed E-state index contributed by atoms with van der Waals surface area (Å²) in [6, 6.07) is 17.8. The number of carbonyl (C=O) groups is 2. The maximum absolute atomic E-state index is 13.7. The number of hydrogen-bond acceptors (Lipinski definition) is 6. The van der Waals surface area contributed by atoms with Gasteiger partial charge in [-0.3, -0.25) is 9.10 Å². The SMILES string of the molecule is CCOC(=O)c1ccccc1NC(=O)CN(c1cc(C)ccc1OC)S(=O)(=O)c1ccc(C)cc1. The first-order chi connectivity index (χ1) is 16.7. The highest BCUT2D eigenvalue weighted by Gasteiger charge is 2.30. The number of anilines is 2. The van der Waals surface area contributed by atoms with Crippen molar-refractivity contribution >= 4 is 33.3 Å². The van der Waals surface area contributed by atoms with Gasteiger partial charge >= 0.3 is 5.97 Å². The van der Waals surface area contributed by atoms with E-state index in [0.717, 1.165) is 15.4 Å². The minimum absolute atomic E-state index is 0.0337. The number of hydrogen-bond donors (Lipinski definition) is 1. The third-order valence-corrected chi connectivity index (χ3v) is 6.97. The van der Waals surface area contributed by atoms with Crippen molar-refractivity contribution in [1.29, 1.82) is 0 Å². The van der Waals surface area contributed by atoms with Gasteiger partial charge in [-0.15, -0.1) is 0 Å². The van der Waals surface area contributed by atoms with Crippen molar-refractivity contribution in [3.05, 3.63) is 83.4 Å². The van der Waals surface area contributed by atoms with E-state index in [9.17, 15) is 18.0 Å². The highest BCUT2D eigenvalue weighted by atomic mass is 32.2. The maximum atomic E-state index is 13.7. The van der Waals surface area contributed by atoms with E-state index in [-0.39, 0.29) is 28.4 Å². The zero-order valence-corrected chi connectivity index (χ0v) is 20.9. The Bertz CT molecular complexity index is 1320. The largest absolute Gasteiger partial charge is 0.495 e. The summed E-state index contributed by atoms with van der Waals surface area (Å²) in [4.78, 5) is 25.5. The number of nitrogens with zero attached hydrogens (tertiary/aromatic N) is 1. The molecule has 0 spiro atoms. The molecule has 184 valence electrons. The van der Waals surface area contributed by atoms with Gasteiger partial charge in [0.2, 0.25) is 5.91 Å². The van der Waals surface area contributed by atoms with Gasteiger partial charge < -0.3 is 14.8 Å². The first-order valence-electron chi connectivity index (χ1n) is 11.0. The van der Waals surface area contributed by atoms with Crippen LogP contribution in [-0.2, 0) is 19.6 Å². The fourth-order valence-electron chi connectivity index (χ4n) is 3.43. The lowest BCUT2D eigenvalue weighted by atomic mass is 10.1. The van der Waals surface area contributed by atoms with Crippen LogP contribution in [0, 0.1) is 13.8 Å². The Kier molecular flexibility index (Phi) is 8.14. The Morgan fingerprint density at radius 3 is 2.26 bits per heavy atom. The van der Waals surface area contributed by atoms with Crippen LogP contribution < -0.4 is 14.4 Å². The molecule has 0 unspecified atom stereocenters. The lowest BCUT2D eigenvalue weighted by Crippen LogP contribution is -2.38. The second kappa shape index (κ2) is 11.1. The molecule has 1 amide bonds. The number of amides is 1. The molecule has 0 aliphatic rings. The van der Waals surface area contributed by atoms with Gasteiger partial charge in [-0.2, -0.15) is 0 Å². The van der Waals surface area contributed by atoms with Gasteiger partial charge in [-0.25, -0.2) is 13.2 Å². The van der Waals surface area contributed by atoms with Gasteiger partial charge in [-0.05, 0) is 62.7 Å². The van der Waals surface area contributed by atoms with Crippen LogP contribution in [0.5, 0.6) is 5.75 Å². The quantitative estimate of drug-likeness (QED) is 0.443.